The topological polar surface area (TPSA) is 100 Å². The summed E-state index contributed by atoms with van der Waals surface area (Å²) in [6.07, 6.45) is 0.895. The van der Waals surface area contributed by atoms with E-state index in [0.29, 0.717) is 25.9 Å². The molecule has 4 N–H and O–H groups in total. The second-order valence-electron chi connectivity index (χ2n) is 2.80. The summed E-state index contributed by atoms with van der Waals surface area (Å²) in [5, 5.41) is 18.6. The summed E-state index contributed by atoms with van der Waals surface area (Å²) in [5.74, 6) is 3.91. The third-order valence-electron chi connectivity index (χ3n) is 2.08. The molecule has 12 heavy (non-hydrogen) atoms. The Morgan fingerprint density at radius 1 is 1.50 bits per heavy atom. The van der Waals surface area contributed by atoms with Gasteiger partial charge in [-0.15, -0.1) is 0 Å². The zero-order chi connectivity index (χ0) is 9.03. The summed E-state index contributed by atoms with van der Waals surface area (Å²) in [4.78, 5) is 10.8. The van der Waals surface area contributed by atoms with E-state index in [-0.39, 0.29) is 0 Å². The lowest BCUT2D eigenvalue weighted by atomic mass is 9.90. The highest BCUT2D eigenvalue weighted by molar-refractivity contribution is 5.79. The Labute approximate surface area is 69.8 Å². The minimum absolute atomic E-state index is 0.447. The Balaban J connectivity index is 2.76. The zero-order valence-electron chi connectivity index (χ0n) is 6.66. The van der Waals surface area contributed by atoms with Crippen LogP contribution in [-0.2, 0) is 4.79 Å². The van der Waals surface area contributed by atoms with Crippen LogP contribution in [0.15, 0.2) is 10.3 Å². The lowest BCUT2D eigenvalue weighted by Crippen LogP contribution is -2.46. The predicted octanol–water partition coefficient (Wildman–Crippen LogP) is -0.481. The number of hydrogen-bond donors (Lipinski definition) is 3. The molecule has 0 aromatic rings. The first-order valence-electron chi connectivity index (χ1n) is 3.77. The maximum absolute atomic E-state index is 10.8. The van der Waals surface area contributed by atoms with Crippen molar-refractivity contribution in [3.63, 3.8) is 0 Å². The van der Waals surface area contributed by atoms with E-state index in [1.807, 2.05) is 0 Å². The lowest BCUT2D eigenvalue weighted by molar-refractivity contribution is -0.144. The second kappa shape index (κ2) is 3.48. The molecule has 1 aliphatic rings. The molecular formula is C6H12N4O2. The maximum Gasteiger partial charge on any atom is 0.333 e. The van der Waals surface area contributed by atoms with Gasteiger partial charge in [-0.3, -0.25) is 0 Å². The van der Waals surface area contributed by atoms with E-state index in [1.165, 1.54) is 0 Å². The van der Waals surface area contributed by atoms with Gasteiger partial charge in [0.15, 0.2) is 5.54 Å². The number of hydrogen-bond acceptors (Lipinski definition) is 4. The molecule has 6 nitrogen and oxygen atoms in total. The molecule has 1 rings (SSSR count). The van der Waals surface area contributed by atoms with Gasteiger partial charge in [-0.25, -0.2) is 4.79 Å². The second-order valence-corrected chi connectivity index (χ2v) is 2.80. The molecule has 0 unspecified atom stereocenters. The Bertz CT molecular complexity index is 198. The third kappa shape index (κ3) is 1.53. The van der Waals surface area contributed by atoms with Crippen molar-refractivity contribution in [2.75, 3.05) is 13.1 Å². The lowest BCUT2D eigenvalue weighted by Gasteiger charge is -2.27. The van der Waals surface area contributed by atoms with Crippen LogP contribution in [0, 0.1) is 0 Å². The first-order valence-corrected chi connectivity index (χ1v) is 3.77. The largest absolute Gasteiger partial charge is 0.479 e. The molecule has 1 aliphatic heterocycles. The summed E-state index contributed by atoms with van der Waals surface area (Å²) >= 11 is 0. The highest BCUT2D eigenvalue weighted by atomic mass is 16.4. The van der Waals surface area contributed by atoms with E-state index in [4.69, 9.17) is 10.9 Å². The fourth-order valence-electron chi connectivity index (χ4n) is 1.31. The van der Waals surface area contributed by atoms with Crippen molar-refractivity contribution in [3.8, 4) is 0 Å². The van der Waals surface area contributed by atoms with Crippen LogP contribution < -0.4 is 11.2 Å². The monoisotopic (exact) mass is 172 g/mol. The maximum atomic E-state index is 10.8. The molecule has 0 bridgehead atoms. The molecule has 0 atom stereocenters. The number of carboxylic acid groups (broad SMARTS) is 1. The van der Waals surface area contributed by atoms with Crippen molar-refractivity contribution in [1.29, 1.82) is 0 Å². The van der Waals surface area contributed by atoms with Crippen molar-refractivity contribution in [3.05, 3.63) is 0 Å². The number of carboxylic acids is 1. The van der Waals surface area contributed by atoms with Gasteiger partial charge in [0, 0.05) is 0 Å². The summed E-state index contributed by atoms with van der Waals surface area (Å²) in [6.45, 7) is 1.29. The van der Waals surface area contributed by atoms with Gasteiger partial charge in [0.05, 0.1) is 0 Å². The van der Waals surface area contributed by atoms with E-state index in [9.17, 15) is 4.79 Å². The fourth-order valence-corrected chi connectivity index (χ4v) is 1.31. The highest BCUT2D eigenvalue weighted by Gasteiger charge is 2.40. The molecule has 0 radical (unpaired) electrons. The summed E-state index contributed by atoms with van der Waals surface area (Å²) in [5.41, 5.74) is -1.08. The first-order chi connectivity index (χ1) is 5.71. The molecule has 0 amide bonds. The van der Waals surface area contributed by atoms with Crippen LogP contribution in [0.4, 0.5) is 0 Å². The molecule has 1 heterocycles. The van der Waals surface area contributed by atoms with Gasteiger partial charge < -0.3 is 16.3 Å². The number of carbonyl (C=O) groups is 1. The van der Waals surface area contributed by atoms with Gasteiger partial charge in [-0.05, 0) is 25.9 Å². The first kappa shape index (κ1) is 8.92. The molecule has 0 aromatic heterocycles. The average molecular weight is 172 g/mol. The van der Waals surface area contributed by atoms with Crippen molar-refractivity contribution < 1.29 is 9.90 Å². The minimum Gasteiger partial charge on any atom is -0.479 e. The predicted molar refractivity (Wildman–Crippen MR) is 41.5 cm³/mol. The fraction of sp³-hybridized carbons (Fsp3) is 0.833. The Kier molecular flexibility index (Phi) is 2.59. The van der Waals surface area contributed by atoms with Gasteiger partial charge in [0.1, 0.15) is 0 Å². The van der Waals surface area contributed by atoms with Crippen LogP contribution in [0.2, 0.25) is 0 Å². The van der Waals surface area contributed by atoms with Gasteiger partial charge in [-0.2, -0.15) is 5.11 Å². The molecule has 6 heteroatoms. The van der Waals surface area contributed by atoms with Crippen LogP contribution >= 0.6 is 0 Å². The number of nitrogens with two attached hydrogens (primary N) is 1. The van der Waals surface area contributed by atoms with E-state index in [1.54, 1.807) is 0 Å². The normalized spacial score (nSPS) is 22.7. The minimum atomic E-state index is -1.08. The smallest absolute Gasteiger partial charge is 0.333 e. The number of piperidine rings is 1. The number of nitrogens with one attached hydrogen (secondary N) is 1. The van der Waals surface area contributed by atoms with E-state index in [2.05, 4.69) is 15.7 Å². The summed E-state index contributed by atoms with van der Waals surface area (Å²) in [6, 6.07) is 0. The highest BCUT2D eigenvalue weighted by Crippen LogP contribution is 2.23. The Morgan fingerprint density at radius 2 is 2.08 bits per heavy atom. The summed E-state index contributed by atoms with van der Waals surface area (Å²) in [7, 11) is 0. The average Bonchev–Trinajstić information content (AvgIpc) is 2.06. The van der Waals surface area contributed by atoms with E-state index in [0.717, 1.165) is 0 Å². The van der Waals surface area contributed by atoms with Gasteiger partial charge in [0.25, 0.3) is 0 Å². The van der Waals surface area contributed by atoms with Crippen molar-refractivity contribution in [1.82, 2.24) is 5.32 Å². The zero-order valence-corrected chi connectivity index (χ0v) is 6.66. The molecule has 1 fully saturated rings. The standard InChI is InChI=1S/C6H12N4O2/c7-10-9-6(5(11)12)1-3-8-4-2-6/h8H,1-4H2,(H2,7,9)(H,11,12). The molecule has 0 aromatic carbocycles. The third-order valence-corrected chi connectivity index (χ3v) is 2.08. The van der Waals surface area contributed by atoms with E-state index < -0.39 is 11.5 Å². The van der Waals surface area contributed by atoms with Crippen LogP contribution in [0.1, 0.15) is 12.8 Å². The quantitative estimate of drug-likeness (QED) is 0.297. The van der Waals surface area contributed by atoms with Crippen molar-refractivity contribution in [2.24, 2.45) is 16.2 Å². The molecule has 0 aliphatic carbocycles. The van der Waals surface area contributed by atoms with Gasteiger partial charge in [-0.1, -0.05) is 5.22 Å². The van der Waals surface area contributed by atoms with Gasteiger partial charge >= 0.3 is 5.97 Å². The molecule has 0 spiro atoms. The number of aliphatic carboxylic acids is 1. The Hall–Kier alpha value is -1.17. The number of rotatable bonds is 2. The SMILES string of the molecule is NN=NC1(C(=O)O)CCNCC1. The van der Waals surface area contributed by atoms with Crippen LogP contribution in [0.3, 0.4) is 0 Å². The van der Waals surface area contributed by atoms with Gasteiger partial charge in [0.2, 0.25) is 0 Å². The van der Waals surface area contributed by atoms with Crippen molar-refractivity contribution in [2.45, 2.75) is 18.4 Å². The summed E-state index contributed by atoms with van der Waals surface area (Å²) < 4.78 is 0. The molecule has 0 saturated carbocycles. The van der Waals surface area contributed by atoms with Crippen molar-refractivity contribution >= 4 is 5.97 Å². The van der Waals surface area contributed by atoms with Crippen LogP contribution in [0.5, 0.6) is 0 Å². The van der Waals surface area contributed by atoms with Crippen LogP contribution in [-0.4, -0.2) is 29.7 Å². The number of nitrogens with zero attached hydrogens (tertiary/aromatic N) is 2. The molecule has 1 saturated heterocycles. The molecule has 68 valence electrons. The molecular weight excluding hydrogens is 160 g/mol. The van der Waals surface area contributed by atoms with E-state index >= 15 is 0 Å². The Morgan fingerprint density at radius 3 is 2.50 bits per heavy atom. The van der Waals surface area contributed by atoms with Crippen LogP contribution in [0.25, 0.3) is 0 Å².